The van der Waals surface area contributed by atoms with E-state index in [2.05, 4.69) is 15.9 Å². The molecule has 2 fully saturated rings. The molecule has 2 unspecified atom stereocenters. The zero-order valence-corrected chi connectivity index (χ0v) is 12.3. The molecule has 0 saturated carbocycles. The van der Waals surface area contributed by atoms with Gasteiger partial charge in [-0.25, -0.2) is 0 Å². The van der Waals surface area contributed by atoms with Crippen molar-refractivity contribution in [3.63, 3.8) is 0 Å². The van der Waals surface area contributed by atoms with E-state index in [0.29, 0.717) is 12.3 Å². The molecule has 2 heterocycles. The minimum absolute atomic E-state index is 0.136. The van der Waals surface area contributed by atoms with Gasteiger partial charge in [0.1, 0.15) is 6.10 Å². The van der Waals surface area contributed by atoms with Gasteiger partial charge >= 0.3 is 0 Å². The minimum atomic E-state index is -0.140. The van der Waals surface area contributed by atoms with E-state index in [-0.39, 0.29) is 11.7 Å². The summed E-state index contributed by atoms with van der Waals surface area (Å²) in [5, 5.41) is 0. The summed E-state index contributed by atoms with van der Waals surface area (Å²) in [5.74, 6) is 0.739. The Balaban J connectivity index is 1.73. The lowest BCUT2D eigenvalue weighted by molar-refractivity contribution is -0.112. The van der Waals surface area contributed by atoms with E-state index >= 15 is 0 Å². The number of rotatable bonds is 2. The maximum Gasteiger partial charge on any atom is 0.156 e. The van der Waals surface area contributed by atoms with E-state index < -0.39 is 0 Å². The van der Waals surface area contributed by atoms with Crippen LogP contribution in [0.4, 0.5) is 5.69 Å². The molecular formula is C14H18BrNO3. The van der Waals surface area contributed by atoms with Gasteiger partial charge in [-0.2, -0.15) is 0 Å². The van der Waals surface area contributed by atoms with Gasteiger partial charge in [0.15, 0.2) is 5.75 Å². The third kappa shape index (κ3) is 2.73. The molecule has 0 aromatic heterocycles. The van der Waals surface area contributed by atoms with Crippen LogP contribution < -0.4 is 10.5 Å². The third-order valence-electron chi connectivity index (χ3n) is 3.80. The Labute approximate surface area is 121 Å². The van der Waals surface area contributed by atoms with Gasteiger partial charge in [0.2, 0.25) is 0 Å². The second-order valence-corrected chi connectivity index (χ2v) is 6.08. The van der Waals surface area contributed by atoms with Gasteiger partial charge in [-0.15, -0.1) is 0 Å². The van der Waals surface area contributed by atoms with Gasteiger partial charge in [0.05, 0.1) is 29.0 Å². The highest BCUT2D eigenvalue weighted by Crippen LogP contribution is 2.37. The molecule has 3 rings (SSSR count). The molecule has 2 N–H and O–H groups in total. The highest BCUT2D eigenvalue weighted by atomic mass is 79.9. The quantitative estimate of drug-likeness (QED) is 0.848. The standard InChI is InChI=1S/C14H18BrNO3/c15-11-2-1-3-12(16)13(11)19-10-4-6-18-14(8-10)5-7-17-9-14/h1-3,10H,4-9,16H2. The van der Waals surface area contributed by atoms with Crippen molar-refractivity contribution in [3.8, 4) is 5.75 Å². The number of anilines is 1. The average Bonchev–Trinajstić information content (AvgIpc) is 2.82. The fourth-order valence-electron chi connectivity index (χ4n) is 2.76. The smallest absolute Gasteiger partial charge is 0.156 e. The predicted molar refractivity (Wildman–Crippen MR) is 76.3 cm³/mol. The summed E-state index contributed by atoms with van der Waals surface area (Å²) in [6.07, 6.45) is 2.85. The Hall–Kier alpha value is -0.780. The second kappa shape index (κ2) is 5.31. The number of nitrogen functional groups attached to an aromatic ring is 1. The van der Waals surface area contributed by atoms with E-state index in [1.807, 2.05) is 18.2 Å². The Morgan fingerprint density at radius 3 is 3.00 bits per heavy atom. The third-order valence-corrected chi connectivity index (χ3v) is 4.42. The van der Waals surface area contributed by atoms with Crippen molar-refractivity contribution in [1.82, 2.24) is 0 Å². The fraction of sp³-hybridized carbons (Fsp3) is 0.571. The van der Waals surface area contributed by atoms with Crippen molar-refractivity contribution in [3.05, 3.63) is 22.7 Å². The van der Waals surface area contributed by atoms with Crippen LogP contribution in [-0.2, 0) is 9.47 Å². The summed E-state index contributed by atoms with van der Waals surface area (Å²) in [4.78, 5) is 0. The van der Waals surface area contributed by atoms with Crippen molar-refractivity contribution in [2.75, 3.05) is 25.6 Å². The summed E-state index contributed by atoms with van der Waals surface area (Å²) >= 11 is 3.49. The largest absolute Gasteiger partial charge is 0.487 e. The second-order valence-electron chi connectivity index (χ2n) is 5.22. The molecule has 0 aliphatic carbocycles. The first-order chi connectivity index (χ1) is 9.19. The zero-order valence-electron chi connectivity index (χ0n) is 10.7. The molecule has 1 aromatic carbocycles. The highest BCUT2D eigenvalue weighted by Gasteiger charge is 2.42. The van der Waals surface area contributed by atoms with E-state index in [4.69, 9.17) is 19.9 Å². The maximum absolute atomic E-state index is 6.10. The van der Waals surface area contributed by atoms with Crippen molar-refractivity contribution < 1.29 is 14.2 Å². The zero-order chi connectivity index (χ0) is 13.3. The van der Waals surface area contributed by atoms with Gasteiger partial charge in [0.25, 0.3) is 0 Å². The molecule has 0 amide bonds. The molecule has 2 atom stereocenters. The van der Waals surface area contributed by atoms with Crippen LogP contribution in [0.2, 0.25) is 0 Å². The molecule has 5 heteroatoms. The first-order valence-electron chi connectivity index (χ1n) is 6.61. The number of halogens is 1. The molecule has 104 valence electrons. The van der Waals surface area contributed by atoms with E-state index in [1.165, 1.54) is 0 Å². The molecule has 2 aliphatic heterocycles. The number of para-hydroxylation sites is 1. The molecule has 1 spiro atoms. The lowest BCUT2D eigenvalue weighted by Gasteiger charge is -2.37. The number of nitrogens with two attached hydrogens (primary N) is 1. The molecule has 1 aromatic rings. The summed E-state index contributed by atoms with van der Waals surface area (Å²) in [5.41, 5.74) is 6.50. The minimum Gasteiger partial charge on any atom is -0.487 e. The molecule has 4 nitrogen and oxygen atoms in total. The Morgan fingerprint density at radius 2 is 2.26 bits per heavy atom. The first-order valence-corrected chi connectivity index (χ1v) is 7.40. The van der Waals surface area contributed by atoms with Crippen LogP contribution >= 0.6 is 15.9 Å². The molecule has 19 heavy (non-hydrogen) atoms. The SMILES string of the molecule is Nc1cccc(Br)c1OC1CCOC2(CCOC2)C1. The predicted octanol–water partition coefficient (Wildman–Crippen LogP) is 2.75. The monoisotopic (exact) mass is 327 g/mol. The molecule has 2 saturated heterocycles. The number of benzene rings is 1. The summed E-state index contributed by atoms with van der Waals surface area (Å²) in [6.45, 7) is 2.18. The molecule has 0 radical (unpaired) electrons. The van der Waals surface area contributed by atoms with E-state index in [1.54, 1.807) is 0 Å². The van der Waals surface area contributed by atoms with Crippen molar-refractivity contribution in [2.24, 2.45) is 0 Å². The van der Waals surface area contributed by atoms with Crippen LogP contribution in [0.5, 0.6) is 5.75 Å². The molecule has 0 bridgehead atoms. The first kappa shape index (κ1) is 13.2. The van der Waals surface area contributed by atoms with Gasteiger partial charge in [-0.1, -0.05) is 6.07 Å². The van der Waals surface area contributed by atoms with Crippen LogP contribution in [0.15, 0.2) is 22.7 Å². The maximum atomic E-state index is 6.10. The molecular weight excluding hydrogens is 310 g/mol. The van der Waals surface area contributed by atoms with Crippen LogP contribution in [0.25, 0.3) is 0 Å². The lowest BCUT2D eigenvalue weighted by Crippen LogP contribution is -2.44. The topological polar surface area (TPSA) is 53.7 Å². The normalized spacial score (nSPS) is 30.7. The van der Waals surface area contributed by atoms with Crippen LogP contribution in [0, 0.1) is 0 Å². The number of hydrogen-bond acceptors (Lipinski definition) is 4. The van der Waals surface area contributed by atoms with Crippen molar-refractivity contribution in [1.29, 1.82) is 0 Å². The number of hydrogen-bond donors (Lipinski definition) is 1. The Bertz CT molecular complexity index is 440. The van der Waals surface area contributed by atoms with Crippen molar-refractivity contribution >= 4 is 21.6 Å². The molecule has 2 aliphatic rings. The Kier molecular flexibility index (Phi) is 3.69. The van der Waals surface area contributed by atoms with Crippen molar-refractivity contribution in [2.45, 2.75) is 31.0 Å². The summed E-state index contributed by atoms with van der Waals surface area (Å²) in [6, 6.07) is 5.70. The fourth-order valence-corrected chi connectivity index (χ4v) is 3.24. The van der Waals surface area contributed by atoms with Crippen LogP contribution in [-0.4, -0.2) is 31.5 Å². The van der Waals surface area contributed by atoms with Gasteiger partial charge in [-0.05, 0) is 28.1 Å². The Morgan fingerprint density at radius 1 is 1.37 bits per heavy atom. The lowest BCUT2D eigenvalue weighted by atomic mass is 9.91. The average molecular weight is 328 g/mol. The number of ether oxygens (including phenoxy) is 3. The summed E-state index contributed by atoms with van der Waals surface area (Å²) in [7, 11) is 0. The van der Waals surface area contributed by atoms with E-state index in [0.717, 1.165) is 42.7 Å². The van der Waals surface area contributed by atoms with Gasteiger partial charge < -0.3 is 19.9 Å². The highest BCUT2D eigenvalue weighted by molar-refractivity contribution is 9.10. The van der Waals surface area contributed by atoms with Gasteiger partial charge in [-0.3, -0.25) is 0 Å². The van der Waals surface area contributed by atoms with Crippen LogP contribution in [0.3, 0.4) is 0 Å². The van der Waals surface area contributed by atoms with E-state index in [9.17, 15) is 0 Å². The van der Waals surface area contributed by atoms with Gasteiger partial charge in [0, 0.05) is 25.9 Å². The summed E-state index contributed by atoms with van der Waals surface area (Å²) < 4.78 is 18.4. The van der Waals surface area contributed by atoms with Crippen LogP contribution in [0.1, 0.15) is 19.3 Å².